The number of rotatable bonds is 3. The number of methoxy groups -OCH3 is 1. The van der Waals surface area contributed by atoms with E-state index < -0.39 is 6.04 Å². The van der Waals surface area contributed by atoms with Gasteiger partial charge >= 0.3 is 0 Å². The molecule has 6 heteroatoms. The molecule has 0 radical (unpaired) electrons. The highest BCUT2D eigenvalue weighted by molar-refractivity contribution is 5.90. The fraction of sp³-hybridized carbons (Fsp3) is 0.571. The molecule has 2 N–H and O–H groups in total. The Labute approximate surface area is 75.3 Å². The Balaban J connectivity index is 2.31. The Morgan fingerprint density at radius 1 is 1.85 bits per heavy atom. The minimum absolute atomic E-state index is 0.101. The summed E-state index contributed by atoms with van der Waals surface area (Å²) >= 11 is 0. The average Bonchev–Trinajstić information content (AvgIpc) is 2.52. The Morgan fingerprint density at radius 2 is 2.62 bits per heavy atom. The summed E-state index contributed by atoms with van der Waals surface area (Å²) in [4.78, 5) is 21.9. The van der Waals surface area contributed by atoms with Crippen molar-refractivity contribution in [1.29, 1.82) is 0 Å². The van der Waals surface area contributed by atoms with E-state index in [0.29, 0.717) is 12.8 Å². The van der Waals surface area contributed by atoms with Crippen LogP contribution in [0, 0.1) is 0 Å². The van der Waals surface area contributed by atoms with E-state index in [1.807, 2.05) is 0 Å². The molecule has 1 atom stereocenters. The summed E-state index contributed by atoms with van der Waals surface area (Å²) in [6.45, 7) is 0. The van der Waals surface area contributed by atoms with E-state index >= 15 is 0 Å². The third-order valence-corrected chi connectivity index (χ3v) is 1.64. The molecule has 72 valence electrons. The third-order valence-electron chi connectivity index (χ3n) is 1.64. The van der Waals surface area contributed by atoms with E-state index in [9.17, 15) is 9.59 Å². The van der Waals surface area contributed by atoms with Crippen LogP contribution < -0.4 is 10.7 Å². The lowest BCUT2D eigenvalue weighted by atomic mass is 10.2. The molecule has 0 aromatic rings. The van der Waals surface area contributed by atoms with Crippen molar-refractivity contribution in [2.75, 3.05) is 7.11 Å². The Morgan fingerprint density at radius 3 is 3.15 bits per heavy atom. The zero-order valence-electron chi connectivity index (χ0n) is 7.24. The number of hydrogen-bond acceptors (Lipinski definition) is 4. The first-order valence-corrected chi connectivity index (χ1v) is 3.87. The van der Waals surface area contributed by atoms with Gasteiger partial charge in [0.1, 0.15) is 6.04 Å². The van der Waals surface area contributed by atoms with Gasteiger partial charge in [-0.05, 0) is 6.42 Å². The van der Waals surface area contributed by atoms with E-state index in [1.54, 1.807) is 0 Å². The van der Waals surface area contributed by atoms with Crippen molar-refractivity contribution in [3.05, 3.63) is 0 Å². The van der Waals surface area contributed by atoms with Gasteiger partial charge in [-0.3, -0.25) is 9.59 Å². The largest absolute Gasteiger partial charge is 0.485 e. The predicted octanol–water partition coefficient (Wildman–Crippen LogP) is -1.03. The molecule has 0 saturated carbocycles. The monoisotopic (exact) mass is 185 g/mol. The van der Waals surface area contributed by atoms with E-state index in [2.05, 4.69) is 20.6 Å². The molecule has 2 amide bonds. The van der Waals surface area contributed by atoms with Crippen molar-refractivity contribution >= 4 is 18.2 Å². The molecule has 1 unspecified atom stereocenters. The van der Waals surface area contributed by atoms with Crippen molar-refractivity contribution in [1.82, 2.24) is 10.7 Å². The van der Waals surface area contributed by atoms with Crippen LogP contribution in [0.2, 0.25) is 0 Å². The first-order valence-electron chi connectivity index (χ1n) is 3.87. The zero-order chi connectivity index (χ0) is 9.68. The Bertz CT molecular complexity index is 239. The topological polar surface area (TPSA) is 79.8 Å². The van der Waals surface area contributed by atoms with Crippen LogP contribution in [0.15, 0.2) is 5.10 Å². The molecule has 1 heterocycles. The van der Waals surface area contributed by atoms with Gasteiger partial charge in [0.15, 0.2) is 6.40 Å². The van der Waals surface area contributed by atoms with Crippen LogP contribution in [0.5, 0.6) is 0 Å². The van der Waals surface area contributed by atoms with Crippen LogP contribution in [0.1, 0.15) is 12.8 Å². The number of nitrogens with one attached hydrogen (secondary N) is 2. The second-order valence-electron chi connectivity index (χ2n) is 2.61. The molecular formula is C7H11N3O3. The number of hydrogen-bond donors (Lipinski definition) is 2. The van der Waals surface area contributed by atoms with Crippen LogP contribution in [-0.4, -0.2) is 31.4 Å². The molecule has 1 fully saturated rings. The Hall–Kier alpha value is -1.59. The highest BCUT2D eigenvalue weighted by Gasteiger charge is 2.26. The van der Waals surface area contributed by atoms with Gasteiger partial charge in [0.25, 0.3) is 5.91 Å². The molecule has 0 spiro atoms. The smallest absolute Gasteiger partial charge is 0.262 e. The summed E-state index contributed by atoms with van der Waals surface area (Å²) in [7, 11) is 1.42. The quantitative estimate of drug-likeness (QED) is 0.335. The van der Waals surface area contributed by atoms with Crippen LogP contribution in [0.4, 0.5) is 0 Å². The van der Waals surface area contributed by atoms with Gasteiger partial charge < -0.3 is 10.1 Å². The number of amides is 2. The minimum Gasteiger partial charge on any atom is -0.485 e. The normalized spacial score (nSPS) is 21.6. The maximum absolute atomic E-state index is 11.2. The van der Waals surface area contributed by atoms with Gasteiger partial charge in [0.05, 0.1) is 7.11 Å². The summed E-state index contributed by atoms with van der Waals surface area (Å²) in [6, 6.07) is -0.457. The average molecular weight is 185 g/mol. The van der Waals surface area contributed by atoms with Gasteiger partial charge in [-0.1, -0.05) is 0 Å². The van der Waals surface area contributed by atoms with Crippen LogP contribution in [0.25, 0.3) is 0 Å². The molecule has 1 saturated heterocycles. The molecule has 6 nitrogen and oxygen atoms in total. The van der Waals surface area contributed by atoms with Gasteiger partial charge in [-0.25, -0.2) is 5.43 Å². The highest BCUT2D eigenvalue weighted by Crippen LogP contribution is 2.05. The SMILES string of the molecule is CO/C=N/NC(=O)C1CCC(=O)N1. The minimum atomic E-state index is -0.457. The van der Waals surface area contributed by atoms with E-state index in [1.165, 1.54) is 7.11 Å². The fourth-order valence-electron chi connectivity index (χ4n) is 1.03. The first-order chi connectivity index (χ1) is 6.24. The van der Waals surface area contributed by atoms with E-state index in [-0.39, 0.29) is 11.8 Å². The predicted molar refractivity (Wildman–Crippen MR) is 44.8 cm³/mol. The van der Waals surface area contributed by atoms with Gasteiger partial charge in [-0.15, -0.1) is 5.10 Å². The van der Waals surface area contributed by atoms with Gasteiger partial charge in [-0.2, -0.15) is 0 Å². The second-order valence-corrected chi connectivity index (χ2v) is 2.61. The Kier molecular flexibility index (Phi) is 3.24. The van der Waals surface area contributed by atoms with Gasteiger partial charge in [0.2, 0.25) is 5.91 Å². The van der Waals surface area contributed by atoms with E-state index in [4.69, 9.17) is 0 Å². The van der Waals surface area contributed by atoms with Crippen molar-refractivity contribution in [2.45, 2.75) is 18.9 Å². The van der Waals surface area contributed by atoms with Crippen molar-refractivity contribution in [2.24, 2.45) is 5.10 Å². The standard InChI is InChI=1S/C7H11N3O3/c1-13-4-8-10-7(12)5-2-3-6(11)9-5/h4-5H,2-3H2,1H3,(H,9,11)(H,10,12)/b8-4+. The fourth-order valence-corrected chi connectivity index (χ4v) is 1.03. The highest BCUT2D eigenvalue weighted by atomic mass is 16.5. The third kappa shape index (κ3) is 2.73. The van der Waals surface area contributed by atoms with E-state index in [0.717, 1.165) is 6.40 Å². The lowest BCUT2D eigenvalue weighted by Crippen LogP contribution is -2.39. The summed E-state index contributed by atoms with van der Waals surface area (Å²) in [5, 5.41) is 5.98. The summed E-state index contributed by atoms with van der Waals surface area (Å²) < 4.78 is 4.48. The summed E-state index contributed by atoms with van der Waals surface area (Å²) in [5.41, 5.74) is 2.24. The van der Waals surface area contributed by atoms with Crippen LogP contribution >= 0.6 is 0 Å². The van der Waals surface area contributed by atoms with Crippen LogP contribution in [0.3, 0.4) is 0 Å². The second kappa shape index (κ2) is 4.44. The summed E-state index contributed by atoms with van der Waals surface area (Å²) in [6.07, 6.45) is 2.02. The van der Waals surface area contributed by atoms with Gasteiger partial charge in [0, 0.05) is 6.42 Å². The van der Waals surface area contributed by atoms with Crippen LogP contribution in [-0.2, 0) is 14.3 Å². The zero-order valence-corrected chi connectivity index (χ0v) is 7.24. The van der Waals surface area contributed by atoms with Crippen molar-refractivity contribution in [3.63, 3.8) is 0 Å². The molecular weight excluding hydrogens is 174 g/mol. The number of carbonyl (C=O) groups is 2. The number of ether oxygens (including phenoxy) is 1. The molecule has 1 aliphatic rings. The molecule has 0 aliphatic carbocycles. The first kappa shape index (κ1) is 9.50. The van der Waals surface area contributed by atoms with Crippen molar-refractivity contribution < 1.29 is 14.3 Å². The number of hydrazone groups is 1. The molecule has 0 aromatic carbocycles. The summed E-state index contributed by atoms with van der Waals surface area (Å²) in [5.74, 6) is -0.421. The maximum atomic E-state index is 11.2. The number of nitrogens with zero attached hydrogens (tertiary/aromatic N) is 1. The number of carbonyl (C=O) groups excluding carboxylic acids is 2. The lowest BCUT2D eigenvalue weighted by Gasteiger charge is -2.06. The molecule has 13 heavy (non-hydrogen) atoms. The maximum Gasteiger partial charge on any atom is 0.262 e. The molecule has 1 aliphatic heterocycles. The molecule has 0 aromatic heterocycles. The lowest BCUT2D eigenvalue weighted by molar-refractivity contribution is -0.125. The molecule has 1 rings (SSSR count). The van der Waals surface area contributed by atoms with Crippen molar-refractivity contribution in [3.8, 4) is 0 Å². The molecule has 0 bridgehead atoms.